The zero-order chi connectivity index (χ0) is 17.1. The van der Waals surface area contributed by atoms with E-state index in [2.05, 4.69) is 11.1 Å². The monoisotopic (exact) mass is 350 g/mol. The molecule has 0 aromatic heterocycles. The van der Waals surface area contributed by atoms with Crippen molar-refractivity contribution in [3.63, 3.8) is 0 Å². The molecule has 1 aromatic rings. The summed E-state index contributed by atoms with van der Waals surface area (Å²) in [7, 11) is -4.49. The van der Waals surface area contributed by atoms with Gasteiger partial charge in [0.25, 0.3) is 0 Å². The molecule has 2 N–H and O–H groups in total. The van der Waals surface area contributed by atoms with Crippen molar-refractivity contribution in [3.05, 3.63) is 34.9 Å². The molecule has 0 spiro atoms. The molecule has 5 nitrogen and oxygen atoms in total. The van der Waals surface area contributed by atoms with Gasteiger partial charge in [0.2, 0.25) is 0 Å². The Balaban J connectivity index is 1.72. The van der Waals surface area contributed by atoms with Crippen LogP contribution in [0.4, 0.5) is 0 Å². The number of benzene rings is 1. The molecule has 1 aromatic carbocycles. The molecular weight excluding hydrogens is 328 g/mol. The number of hydrogen-bond donors (Lipinski definition) is 2. The third-order valence-electron chi connectivity index (χ3n) is 6.28. The first-order chi connectivity index (χ1) is 11.3. The van der Waals surface area contributed by atoms with E-state index in [4.69, 9.17) is 4.55 Å². The van der Waals surface area contributed by atoms with Crippen molar-refractivity contribution in [3.8, 4) is 5.75 Å². The average Bonchev–Trinajstić information content (AvgIpc) is 2.81. The smallest absolute Gasteiger partial charge is 0.393 e. The predicted molar refractivity (Wildman–Crippen MR) is 89.9 cm³/mol. The summed E-state index contributed by atoms with van der Waals surface area (Å²) in [5, 5.41) is 10.4. The minimum absolute atomic E-state index is 0.00432. The molecule has 0 aliphatic heterocycles. The summed E-state index contributed by atoms with van der Waals surface area (Å²) in [4.78, 5) is 0. The third-order valence-corrected chi connectivity index (χ3v) is 6.68. The fourth-order valence-corrected chi connectivity index (χ4v) is 5.39. The highest BCUT2D eigenvalue weighted by Gasteiger charge is 2.50. The maximum absolute atomic E-state index is 10.9. The van der Waals surface area contributed by atoms with E-state index in [1.165, 1.54) is 16.7 Å². The number of aliphatic hydroxyl groups excluding tert-OH is 1. The van der Waals surface area contributed by atoms with Gasteiger partial charge in [-0.1, -0.05) is 18.6 Å². The molecule has 0 unspecified atom stereocenters. The van der Waals surface area contributed by atoms with E-state index >= 15 is 0 Å². The molecule has 1 saturated carbocycles. The molecule has 3 atom stereocenters. The van der Waals surface area contributed by atoms with E-state index in [1.54, 1.807) is 12.1 Å². The van der Waals surface area contributed by atoms with Crippen molar-refractivity contribution >= 4 is 16.0 Å². The first-order valence-electron chi connectivity index (χ1n) is 8.48. The lowest BCUT2D eigenvalue weighted by Gasteiger charge is -2.43. The van der Waals surface area contributed by atoms with Gasteiger partial charge < -0.3 is 9.29 Å². The van der Waals surface area contributed by atoms with Crippen molar-refractivity contribution in [2.75, 3.05) is 0 Å². The van der Waals surface area contributed by atoms with Crippen molar-refractivity contribution in [2.24, 2.45) is 11.3 Å². The molecule has 1 fully saturated rings. The third kappa shape index (κ3) is 2.48. The van der Waals surface area contributed by atoms with Crippen LogP contribution in [0.5, 0.6) is 5.75 Å². The number of aliphatic hydroxyl groups is 1. The largest absolute Gasteiger partial charge is 0.446 e. The molecule has 130 valence electrons. The van der Waals surface area contributed by atoms with Crippen molar-refractivity contribution in [2.45, 2.75) is 51.6 Å². The standard InChI is InChI=1S/C18H22O5S/c1-18-9-8-14-13-5-3-12(23-24(20,21)22)10-11(13)2-4-15(14)16(18)6-7-17(18)19/h3,5,10,16-17,19H,2,4,6-9H2,1H3,(H,20,21,22)/t16-,17-,18-/m0/s1. The number of aryl methyl sites for hydroxylation is 1. The number of hydrogen-bond acceptors (Lipinski definition) is 4. The maximum Gasteiger partial charge on any atom is 0.446 e. The van der Waals surface area contributed by atoms with Gasteiger partial charge in [-0.25, -0.2) is 0 Å². The predicted octanol–water partition coefficient (Wildman–Crippen LogP) is 3.14. The van der Waals surface area contributed by atoms with Crippen LogP contribution < -0.4 is 4.18 Å². The maximum atomic E-state index is 10.9. The highest BCUT2D eigenvalue weighted by molar-refractivity contribution is 7.81. The molecule has 3 aliphatic rings. The van der Waals surface area contributed by atoms with Gasteiger partial charge in [0.05, 0.1) is 6.10 Å². The fraction of sp³-hybridized carbons (Fsp3) is 0.556. The summed E-state index contributed by atoms with van der Waals surface area (Å²) >= 11 is 0. The topological polar surface area (TPSA) is 83.8 Å². The molecule has 4 rings (SSSR count). The van der Waals surface area contributed by atoms with Crippen LogP contribution in [0.1, 0.15) is 50.2 Å². The molecule has 0 heterocycles. The lowest BCUT2D eigenvalue weighted by molar-refractivity contribution is 0.0379. The SMILES string of the molecule is C[C@]12CCC3=C(CCc4cc(OS(=O)(=O)O)ccc43)[C@@H]1CC[C@@H]2O. The summed E-state index contributed by atoms with van der Waals surface area (Å²) in [6, 6.07) is 5.21. The molecule has 0 bridgehead atoms. The second-order valence-corrected chi connectivity index (χ2v) is 8.51. The summed E-state index contributed by atoms with van der Waals surface area (Å²) in [5.41, 5.74) is 5.09. The normalized spacial score (nSPS) is 32.1. The minimum atomic E-state index is -4.49. The van der Waals surface area contributed by atoms with Gasteiger partial charge in [-0.05, 0) is 73.3 Å². The van der Waals surface area contributed by atoms with E-state index in [-0.39, 0.29) is 17.3 Å². The number of fused-ring (bicyclic) bond motifs is 4. The Morgan fingerprint density at radius 2 is 2.00 bits per heavy atom. The zero-order valence-electron chi connectivity index (χ0n) is 13.7. The van der Waals surface area contributed by atoms with Crippen LogP contribution in [-0.4, -0.2) is 24.2 Å². The minimum Gasteiger partial charge on any atom is -0.393 e. The summed E-state index contributed by atoms with van der Waals surface area (Å²) < 4.78 is 35.2. The molecule has 24 heavy (non-hydrogen) atoms. The van der Waals surface area contributed by atoms with Crippen molar-refractivity contribution < 1.29 is 22.3 Å². The Morgan fingerprint density at radius 1 is 1.21 bits per heavy atom. The Hall–Kier alpha value is -1.37. The van der Waals surface area contributed by atoms with Gasteiger partial charge in [-0.3, -0.25) is 4.55 Å². The van der Waals surface area contributed by atoms with Crippen LogP contribution in [0.25, 0.3) is 5.57 Å². The highest BCUT2D eigenvalue weighted by Crippen LogP contribution is 2.58. The van der Waals surface area contributed by atoms with E-state index in [9.17, 15) is 13.5 Å². The second kappa shape index (κ2) is 5.31. The molecule has 0 saturated heterocycles. The summed E-state index contributed by atoms with van der Waals surface area (Å²) in [5.74, 6) is 0.607. The molecular formula is C18H22O5S. The molecule has 3 aliphatic carbocycles. The molecule has 0 radical (unpaired) electrons. The summed E-state index contributed by atoms with van der Waals surface area (Å²) in [6.07, 6.45) is 5.44. The Labute approximate surface area is 142 Å². The summed E-state index contributed by atoms with van der Waals surface area (Å²) in [6.45, 7) is 2.22. The number of allylic oxidation sites excluding steroid dienone is 2. The van der Waals surface area contributed by atoms with Crippen LogP contribution in [0.3, 0.4) is 0 Å². The van der Waals surface area contributed by atoms with E-state index < -0.39 is 10.4 Å². The highest BCUT2D eigenvalue weighted by atomic mass is 32.3. The fourth-order valence-electron chi connectivity index (χ4n) is 5.04. The molecule has 0 amide bonds. The van der Waals surface area contributed by atoms with E-state index in [0.717, 1.165) is 44.1 Å². The Bertz CT molecular complexity index is 826. The number of rotatable bonds is 2. The van der Waals surface area contributed by atoms with Gasteiger partial charge in [-0.15, -0.1) is 0 Å². The van der Waals surface area contributed by atoms with E-state index in [0.29, 0.717) is 5.92 Å². The lowest BCUT2D eigenvalue weighted by atomic mass is 9.62. The van der Waals surface area contributed by atoms with Gasteiger partial charge in [0.1, 0.15) is 5.75 Å². The zero-order valence-corrected chi connectivity index (χ0v) is 14.5. The first-order valence-corrected chi connectivity index (χ1v) is 9.84. The van der Waals surface area contributed by atoms with Gasteiger partial charge in [-0.2, -0.15) is 8.42 Å². The van der Waals surface area contributed by atoms with Crippen LogP contribution >= 0.6 is 0 Å². The van der Waals surface area contributed by atoms with Crippen LogP contribution in [0, 0.1) is 11.3 Å². The lowest BCUT2D eigenvalue weighted by Crippen LogP contribution is -2.37. The average molecular weight is 350 g/mol. The van der Waals surface area contributed by atoms with Crippen LogP contribution in [0.2, 0.25) is 0 Å². The van der Waals surface area contributed by atoms with Gasteiger partial charge >= 0.3 is 10.4 Å². The first kappa shape index (κ1) is 16.1. The second-order valence-electron chi connectivity index (χ2n) is 7.49. The van der Waals surface area contributed by atoms with Gasteiger partial charge in [0.15, 0.2) is 0 Å². The Morgan fingerprint density at radius 3 is 2.75 bits per heavy atom. The van der Waals surface area contributed by atoms with E-state index in [1.807, 2.05) is 6.07 Å². The van der Waals surface area contributed by atoms with Crippen molar-refractivity contribution in [1.82, 2.24) is 0 Å². The van der Waals surface area contributed by atoms with Gasteiger partial charge in [0, 0.05) is 5.41 Å². The van der Waals surface area contributed by atoms with Crippen molar-refractivity contribution in [1.29, 1.82) is 0 Å². The van der Waals surface area contributed by atoms with Crippen LogP contribution in [-0.2, 0) is 16.8 Å². The quantitative estimate of drug-likeness (QED) is 0.801. The van der Waals surface area contributed by atoms with Crippen LogP contribution in [0.15, 0.2) is 23.8 Å². The Kier molecular flexibility index (Phi) is 3.57. The molecule has 6 heteroatoms.